The topological polar surface area (TPSA) is 87.0 Å². The van der Waals surface area contributed by atoms with Crippen LogP contribution in [0.15, 0.2) is 0 Å². The Morgan fingerprint density at radius 1 is 0.909 bits per heavy atom. The molecule has 0 bridgehead atoms. The Morgan fingerprint density at radius 3 is 2.21 bits per heavy atom. The summed E-state index contributed by atoms with van der Waals surface area (Å²) in [6, 6.07) is 0. The molecule has 4 aliphatic rings. The van der Waals surface area contributed by atoms with E-state index in [1.807, 2.05) is 6.92 Å². The standard InChI is InChI=1S/C28H48O5/c1-15(2)16(3)24(30)25(31)17(4)20-7-8-21-19-14-33-26(32)23-13-18(29)9-11-28(23,6)22(19)10-12-27(20,21)5/h15-25,29-31H,7-14H2,1-6H3/t16-,17+,18-,19+,20-,21+,22+,23-,24-,25-,27-,28-/m1/s1. The summed E-state index contributed by atoms with van der Waals surface area (Å²) >= 11 is 0. The fraction of sp³-hybridized carbons (Fsp3) is 0.964. The molecular weight excluding hydrogens is 416 g/mol. The van der Waals surface area contributed by atoms with E-state index >= 15 is 0 Å². The van der Waals surface area contributed by atoms with Crippen molar-refractivity contribution in [2.75, 3.05) is 6.61 Å². The van der Waals surface area contributed by atoms with Crippen molar-refractivity contribution in [2.45, 2.75) is 105 Å². The number of aliphatic hydroxyl groups is 3. The molecule has 190 valence electrons. The van der Waals surface area contributed by atoms with E-state index in [4.69, 9.17) is 4.74 Å². The number of hydrogen-bond acceptors (Lipinski definition) is 5. The van der Waals surface area contributed by atoms with Crippen molar-refractivity contribution in [1.29, 1.82) is 0 Å². The van der Waals surface area contributed by atoms with E-state index in [1.165, 1.54) is 0 Å². The first-order valence-corrected chi connectivity index (χ1v) is 13.6. The van der Waals surface area contributed by atoms with Gasteiger partial charge in [0, 0.05) is 0 Å². The van der Waals surface area contributed by atoms with Crippen LogP contribution in [0.1, 0.15) is 86.5 Å². The number of cyclic esters (lactones) is 1. The van der Waals surface area contributed by atoms with Crippen molar-refractivity contribution in [3.05, 3.63) is 0 Å². The van der Waals surface area contributed by atoms with E-state index in [1.54, 1.807) is 0 Å². The quantitative estimate of drug-likeness (QED) is 0.524. The minimum atomic E-state index is -0.714. The van der Waals surface area contributed by atoms with Gasteiger partial charge in [-0.15, -0.1) is 0 Å². The molecule has 0 aromatic heterocycles. The van der Waals surface area contributed by atoms with Crippen molar-refractivity contribution in [2.24, 2.45) is 58.2 Å². The zero-order valence-electron chi connectivity index (χ0n) is 21.7. The zero-order valence-corrected chi connectivity index (χ0v) is 21.7. The summed E-state index contributed by atoms with van der Waals surface area (Å²) in [4.78, 5) is 13.0. The highest BCUT2D eigenvalue weighted by atomic mass is 16.5. The van der Waals surface area contributed by atoms with Crippen LogP contribution < -0.4 is 0 Å². The van der Waals surface area contributed by atoms with Crippen molar-refractivity contribution in [1.82, 2.24) is 0 Å². The molecule has 0 aromatic rings. The van der Waals surface area contributed by atoms with Gasteiger partial charge in [0.1, 0.15) is 0 Å². The lowest BCUT2D eigenvalue weighted by Crippen LogP contribution is -2.52. The molecule has 1 aliphatic heterocycles. The second kappa shape index (κ2) is 9.09. The van der Waals surface area contributed by atoms with E-state index in [0.717, 1.165) is 38.5 Å². The van der Waals surface area contributed by atoms with Gasteiger partial charge in [-0.2, -0.15) is 0 Å². The van der Waals surface area contributed by atoms with Crippen LogP contribution in [0.4, 0.5) is 0 Å². The molecule has 0 spiro atoms. The second-order valence-electron chi connectivity index (χ2n) is 13.2. The van der Waals surface area contributed by atoms with Crippen molar-refractivity contribution >= 4 is 5.97 Å². The largest absolute Gasteiger partial charge is 0.465 e. The summed E-state index contributed by atoms with van der Waals surface area (Å²) in [6.07, 6.45) is 4.78. The molecule has 3 N–H and O–H groups in total. The van der Waals surface area contributed by atoms with Crippen LogP contribution in [0.25, 0.3) is 0 Å². The third-order valence-electron chi connectivity index (χ3n) is 11.5. The highest BCUT2D eigenvalue weighted by Gasteiger charge is 2.62. The Morgan fingerprint density at radius 2 is 1.55 bits per heavy atom. The summed E-state index contributed by atoms with van der Waals surface area (Å²) in [5.74, 6) is 1.78. The third-order valence-corrected chi connectivity index (χ3v) is 11.5. The van der Waals surface area contributed by atoms with E-state index < -0.39 is 12.2 Å². The first-order valence-electron chi connectivity index (χ1n) is 13.6. The second-order valence-corrected chi connectivity index (χ2v) is 13.2. The van der Waals surface area contributed by atoms with Gasteiger partial charge in [0.15, 0.2) is 0 Å². The smallest absolute Gasteiger partial charge is 0.309 e. The van der Waals surface area contributed by atoms with E-state index in [0.29, 0.717) is 42.6 Å². The molecule has 3 aliphatic carbocycles. The number of carbonyl (C=O) groups is 1. The molecule has 0 amide bonds. The van der Waals surface area contributed by atoms with Gasteiger partial charge in [-0.25, -0.2) is 0 Å². The zero-order chi connectivity index (χ0) is 24.3. The lowest BCUT2D eigenvalue weighted by Gasteiger charge is -2.55. The van der Waals surface area contributed by atoms with Crippen LogP contribution in [0.3, 0.4) is 0 Å². The molecule has 12 atom stereocenters. The molecule has 0 unspecified atom stereocenters. The van der Waals surface area contributed by atoms with Crippen LogP contribution in [-0.2, 0) is 9.53 Å². The van der Waals surface area contributed by atoms with Crippen LogP contribution in [0.2, 0.25) is 0 Å². The number of ether oxygens (including phenoxy) is 1. The predicted molar refractivity (Wildman–Crippen MR) is 128 cm³/mol. The van der Waals surface area contributed by atoms with Crippen LogP contribution in [-0.4, -0.2) is 46.2 Å². The van der Waals surface area contributed by atoms with Gasteiger partial charge in [-0.05, 0) is 97.2 Å². The van der Waals surface area contributed by atoms with E-state index in [9.17, 15) is 20.1 Å². The third kappa shape index (κ3) is 4.08. The lowest BCUT2D eigenvalue weighted by atomic mass is 9.48. The summed E-state index contributed by atoms with van der Waals surface area (Å²) in [6.45, 7) is 13.6. The minimum absolute atomic E-state index is 0.0363. The van der Waals surface area contributed by atoms with Crippen molar-refractivity contribution in [3.8, 4) is 0 Å². The number of aliphatic hydroxyl groups excluding tert-OH is 3. The van der Waals surface area contributed by atoms with Crippen molar-refractivity contribution in [3.63, 3.8) is 0 Å². The SMILES string of the molecule is CC(C)[C@@H](C)[C@@H](O)[C@H](O)[C@@H](C)[C@H]1CC[C@H]2[C@@H]3COC(=O)[C@H]4C[C@H](O)CC[C@]4(C)[C@H]3CC[C@]12C. The first kappa shape index (κ1) is 25.4. The number of esters is 1. The lowest BCUT2D eigenvalue weighted by molar-refractivity contribution is -0.155. The average molecular weight is 465 g/mol. The van der Waals surface area contributed by atoms with Gasteiger partial charge in [-0.3, -0.25) is 4.79 Å². The number of rotatable bonds is 5. The molecular formula is C28H48O5. The molecule has 5 nitrogen and oxygen atoms in total. The predicted octanol–water partition coefficient (Wildman–Crippen LogP) is 4.42. The maximum atomic E-state index is 13.0. The minimum Gasteiger partial charge on any atom is -0.465 e. The van der Waals surface area contributed by atoms with Gasteiger partial charge in [0.2, 0.25) is 0 Å². The molecule has 4 fully saturated rings. The Kier molecular flexibility index (Phi) is 7.01. The monoisotopic (exact) mass is 464 g/mol. The van der Waals surface area contributed by atoms with Gasteiger partial charge >= 0.3 is 5.97 Å². The number of carbonyl (C=O) groups excluding carboxylic acids is 1. The first-order chi connectivity index (χ1) is 15.4. The highest BCUT2D eigenvalue weighted by Crippen LogP contribution is 2.66. The Balaban J connectivity index is 1.56. The maximum Gasteiger partial charge on any atom is 0.309 e. The summed E-state index contributed by atoms with van der Waals surface area (Å²) < 4.78 is 5.91. The van der Waals surface area contributed by atoms with E-state index in [2.05, 4.69) is 34.6 Å². The molecule has 5 heteroatoms. The molecule has 1 saturated heterocycles. The van der Waals surface area contributed by atoms with Crippen LogP contribution in [0, 0.1) is 58.2 Å². The summed E-state index contributed by atoms with van der Waals surface area (Å²) in [5.41, 5.74) is 0.00402. The Bertz CT molecular complexity index is 723. The van der Waals surface area contributed by atoms with Gasteiger partial charge in [0.05, 0.1) is 30.8 Å². The average Bonchev–Trinajstić information content (AvgIpc) is 3.08. The summed E-state index contributed by atoms with van der Waals surface area (Å²) in [5, 5.41) is 32.3. The number of hydrogen-bond donors (Lipinski definition) is 3. The normalized spacial score (nSPS) is 46.9. The fourth-order valence-corrected chi connectivity index (χ4v) is 8.90. The summed E-state index contributed by atoms with van der Waals surface area (Å²) in [7, 11) is 0. The van der Waals surface area contributed by atoms with E-state index in [-0.39, 0.29) is 40.7 Å². The molecule has 0 radical (unpaired) electrons. The highest BCUT2D eigenvalue weighted by molar-refractivity contribution is 5.74. The Labute approximate surface area is 200 Å². The molecule has 4 rings (SSSR count). The fourth-order valence-electron chi connectivity index (χ4n) is 8.90. The van der Waals surface area contributed by atoms with Crippen molar-refractivity contribution < 1.29 is 24.9 Å². The van der Waals surface area contributed by atoms with Crippen LogP contribution >= 0.6 is 0 Å². The molecule has 3 saturated carbocycles. The van der Waals surface area contributed by atoms with Gasteiger partial charge < -0.3 is 20.1 Å². The molecule has 33 heavy (non-hydrogen) atoms. The maximum absolute atomic E-state index is 13.0. The molecule has 0 aromatic carbocycles. The van der Waals surface area contributed by atoms with Crippen LogP contribution in [0.5, 0.6) is 0 Å². The number of fused-ring (bicyclic) bond motifs is 5. The molecule has 1 heterocycles. The van der Waals surface area contributed by atoms with Gasteiger partial charge in [0.25, 0.3) is 0 Å². The van der Waals surface area contributed by atoms with Gasteiger partial charge in [-0.1, -0.05) is 41.5 Å². The Hall–Kier alpha value is -0.650.